The van der Waals surface area contributed by atoms with Gasteiger partial charge in [0.15, 0.2) is 11.7 Å². The zero-order chi connectivity index (χ0) is 22.9. The normalized spacial score (nSPS) is 15.9. The number of aromatic nitrogens is 1. The molecule has 2 heterocycles. The summed E-state index contributed by atoms with van der Waals surface area (Å²) >= 11 is 0. The second-order valence-corrected chi connectivity index (χ2v) is 8.02. The summed E-state index contributed by atoms with van der Waals surface area (Å²) in [5.41, 5.74) is 0.962. The van der Waals surface area contributed by atoms with E-state index in [1.54, 1.807) is 25.1 Å². The van der Waals surface area contributed by atoms with Crippen molar-refractivity contribution in [1.82, 2.24) is 14.8 Å². The summed E-state index contributed by atoms with van der Waals surface area (Å²) in [6, 6.07) is 9.73. The third-order valence-electron chi connectivity index (χ3n) is 5.59. The third-order valence-corrected chi connectivity index (χ3v) is 5.59. The number of piperidine rings is 1. The molecule has 8 heteroatoms. The molecule has 1 saturated heterocycles. The molecule has 1 aliphatic rings. The van der Waals surface area contributed by atoms with Crippen LogP contribution in [0.15, 0.2) is 40.9 Å². The van der Waals surface area contributed by atoms with Gasteiger partial charge in [-0.2, -0.15) is 0 Å². The molecule has 32 heavy (non-hydrogen) atoms. The summed E-state index contributed by atoms with van der Waals surface area (Å²) in [4.78, 5) is 44.5. The van der Waals surface area contributed by atoms with Gasteiger partial charge in [-0.25, -0.2) is 4.98 Å². The zero-order valence-corrected chi connectivity index (χ0v) is 18.8. The van der Waals surface area contributed by atoms with Crippen molar-refractivity contribution in [1.29, 1.82) is 0 Å². The Morgan fingerprint density at radius 3 is 2.78 bits per heavy atom. The highest BCUT2D eigenvalue weighted by Gasteiger charge is 2.30. The fraction of sp³-hybridized carbons (Fsp3) is 0.500. The number of hydrogen-bond donors (Lipinski definition) is 0. The van der Waals surface area contributed by atoms with E-state index < -0.39 is 0 Å². The molecule has 2 aromatic rings. The Kier molecular flexibility index (Phi) is 8.41. The molecule has 1 aliphatic heterocycles. The SMILES string of the molecule is CCOC(=O)C1CCCN(C(=O)CN(C)C(=O)CCCc2ncc(-c3ccccc3)o2)C1. The van der Waals surface area contributed by atoms with Crippen LogP contribution in [0.25, 0.3) is 11.3 Å². The van der Waals surface area contributed by atoms with Crippen molar-refractivity contribution < 1.29 is 23.5 Å². The van der Waals surface area contributed by atoms with Gasteiger partial charge in [-0.1, -0.05) is 30.3 Å². The largest absolute Gasteiger partial charge is 0.466 e. The lowest BCUT2D eigenvalue weighted by molar-refractivity contribution is -0.152. The monoisotopic (exact) mass is 441 g/mol. The van der Waals surface area contributed by atoms with Crippen LogP contribution in [0.5, 0.6) is 0 Å². The summed E-state index contributed by atoms with van der Waals surface area (Å²) in [5.74, 6) is 0.514. The molecule has 1 unspecified atom stereocenters. The quantitative estimate of drug-likeness (QED) is 0.556. The van der Waals surface area contributed by atoms with Crippen LogP contribution in [0.4, 0.5) is 0 Å². The number of rotatable bonds is 9. The zero-order valence-electron chi connectivity index (χ0n) is 18.8. The number of carbonyl (C=O) groups is 3. The van der Waals surface area contributed by atoms with Crippen LogP contribution in [0.1, 0.15) is 38.5 Å². The molecule has 8 nitrogen and oxygen atoms in total. The number of oxazole rings is 1. The highest BCUT2D eigenvalue weighted by atomic mass is 16.5. The predicted octanol–water partition coefficient (Wildman–Crippen LogP) is 2.92. The average molecular weight is 442 g/mol. The maximum atomic E-state index is 12.6. The number of esters is 1. The molecule has 0 saturated carbocycles. The number of benzene rings is 1. The van der Waals surface area contributed by atoms with Gasteiger partial charge in [-0.05, 0) is 26.2 Å². The molecule has 0 N–H and O–H groups in total. The molecule has 0 radical (unpaired) electrons. The van der Waals surface area contributed by atoms with Gasteiger partial charge in [0.1, 0.15) is 0 Å². The number of likely N-dealkylation sites (N-methyl/N-ethyl adjacent to an activating group) is 1. The fourth-order valence-corrected chi connectivity index (χ4v) is 3.79. The lowest BCUT2D eigenvalue weighted by Gasteiger charge is -2.32. The molecule has 0 spiro atoms. The van der Waals surface area contributed by atoms with Crippen LogP contribution in [0, 0.1) is 5.92 Å². The molecular formula is C24H31N3O5. The van der Waals surface area contributed by atoms with Gasteiger partial charge in [-0.15, -0.1) is 0 Å². The number of amides is 2. The number of likely N-dealkylation sites (tertiary alicyclic amines) is 1. The smallest absolute Gasteiger partial charge is 0.310 e. The van der Waals surface area contributed by atoms with Crippen molar-refractivity contribution in [3.8, 4) is 11.3 Å². The number of aryl methyl sites for hydroxylation is 1. The third kappa shape index (κ3) is 6.42. The minimum absolute atomic E-state index is 0.00549. The average Bonchev–Trinajstić information content (AvgIpc) is 3.28. The van der Waals surface area contributed by atoms with Crippen LogP contribution >= 0.6 is 0 Å². The van der Waals surface area contributed by atoms with Gasteiger partial charge < -0.3 is 19.0 Å². The summed E-state index contributed by atoms with van der Waals surface area (Å²) in [5, 5.41) is 0. The van der Waals surface area contributed by atoms with Gasteiger partial charge in [0.25, 0.3) is 0 Å². The van der Waals surface area contributed by atoms with Gasteiger partial charge in [0, 0.05) is 38.5 Å². The predicted molar refractivity (Wildman–Crippen MR) is 118 cm³/mol. The second kappa shape index (κ2) is 11.5. The number of carbonyl (C=O) groups excluding carboxylic acids is 3. The Balaban J connectivity index is 1.41. The molecule has 2 amide bonds. The lowest BCUT2D eigenvalue weighted by Crippen LogP contribution is -2.47. The molecule has 1 aromatic heterocycles. The van der Waals surface area contributed by atoms with Crippen molar-refractivity contribution in [2.24, 2.45) is 5.92 Å². The number of hydrogen-bond acceptors (Lipinski definition) is 6. The minimum atomic E-state index is -0.282. The van der Waals surface area contributed by atoms with E-state index in [2.05, 4.69) is 4.98 Å². The van der Waals surface area contributed by atoms with Crippen LogP contribution in [-0.4, -0.2) is 65.9 Å². The Labute approximate surface area is 188 Å². The highest BCUT2D eigenvalue weighted by molar-refractivity contribution is 5.85. The van der Waals surface area contributed by atoms with Gasteiger partial charge in [0.05, 0.1) is 25.3 Å². The minimum Gasteiger partial charge on any atom is -0.466 e. The van der Waals surface area contributed by atoms with E-state index in [1.807, 2.05) is 30.3 Å². The van der Waals surface area contributed by atoms with Crippen molar-refractivity contribution in [2.45, 2.75) is 39.0 Å². The Bertz CT molecular complexity index is 911. The number of ether oxygens (including phenoxy) is 1. The van der Waals surface area contributed by atoms with Crippen molar-refractivity contribution >= 4 is 17.8 Å². The lowest BCUT2D eigenvalue weighted by atomic mass is 9.98. The summed E-state index contributed by atoms with van der Waals surface area (Å²) in [6.45, 7) is 3.07. The molecule has 1 atom stereocenters. The number of nitrogens with zero attached hydrogens (tertiary/aromatic N) is 3. The van der Waals surface area contributed by atoms with Gasteiger partial charge in [0.2, 0.25) is 11.8 Å². The first-order valence-electron chi connectivity index (χ1n) is 11.2. The first-order valence-corrected chi connectivity index (χ1v) is 11.2. The maximum Gasteiger partial charge on any atom is 0.310 e. The van der Waals surface area contributed by atoms with Crippen LogP contribution < -0.4 is 0 Å². The van der Waals surface area contributed by atoms with E-state index >= 15 is 0 Å². The van der Waals surface area contributed by atoms with Gasteiger partial charge >= 0.3 is 5.97 Å². The van der Waals surface area contributed by atoms with Crippen LogP contribution in [0.2, 0.25) is 0 Å². The van der Waals surface area contributed by atoms with Crippen molar-refractivity contribution in [3.05, 3.63) is 42.4 Å². The van der Waals surface area contributed by atoms with E-state index in [9.17, 15) is 14.4 Å². The fourth-order valence-electron chi connectivity index (χ4n) is 3.79. The van der Waals surface area contributed by atoms with E-state index in [1.165, 1.54) is 4.90 Å². The highest BCUT2D eigenvalue weighted by Crippen LogP contribution is 2.21. The molecule has 1 fully saturated rings. The molecule has 1 aromatic carbocycles. The Morgan fingerprint density at radius 2 is 2.03 bits per heavy atom. The molecule has 0 bridgehead atoms. The second-order valence-electron chi connectivity index (χ2n) is 8.02. The van der Waals surface area contributed by atoms with Crippen molar-refractivity contribution in [2.75, 3.05) is 33.3 Å². The van der Waals surface area contributed by atoms with Gasteiger partial charge in [-0.3, -0.25) is 14.4 Å². The summed E-state index contributed by atoms with van der Waals surface area (Å²) in [6.07, 6.45) is 4.62. The Hall–Kier alpha value is -3.16. The molecule has 172 valence electrons. The van der Waals surface area contributed by atoms with E-state index in [0.717, 1.165) is 18.4 Å². The first kappa shape index (κ1) is 23.5. The Morgan fingerprint density at radius 1 is 1.25 bits per heavy atom. The standard InChI is InChI=1S/C24H31N3O5/c1-3-31-24(30)19-11-8-14-27(16-19)23(29)17-26(2)22(28)13-7-12-21-25-15-20(32-21)18-9-5-4-6-10-18/h4-6,9-10,15,19H,3,7-8,11-14,16-17H2,1-2H3. The molecule has 3 rings (SSSR count). The first-order chi connectivity index (χ1) is 15.5. The van der Waals surface area contributed by atoms with Crippen LogP contribution in [0.3, 0.4) is 0 Å². The van der Waals surface area contributed by atoms with E-state index in [0.29, 0.717) is 50.6 Å². The topological polar surface area (TPSA) is 93.0 Å². The maximum absolute atomic E-state index is 12.6. The van der Waals surface area contributed by atoms with Crippen molar-refractivity contribution in [3.63, 3.8) is 0 Å². The van der Waals surface area contributed by atoms with E-state index in [4.69, 9.17) is 9.15 Å². The molecule has 0 aliphatic carbocycles. The summed E-state index contributed by atoms with van der Waals surface area (Å²) < 4.78 is 10.8. The van der Waals surface area contributed by atoms with E-state index in [-0.39, 0.29) is 30.2 Å². The molecular weight excluding hydrogens is 410 g/mol. The summed E-state index contributed by atoms with van der Waals surface area (Å²) in [7, 11) is 1.63. The van der Waals surface area contributed by atoms with Crippen LogP contribution in [-0.2, 0) is 25.5 Å².